The third-order valence-corrected chi connectivity index (χ3v) is 4.74. The molecule has 0 aliphatic carbocycles. The Hall–Kier alpha value is -2.01. The number of hydrogen-bond donors (Lipinski definition) is 1. The Labute approximate surface area is 132 Å². The van der Waals surface area contributed by atoms with Crippen molar-refractivity contribution in [2.75, 3.05) is 6.54 Å². The lowest BCUT2D eigenvalue weighted by atomic mass is 10.0. The number of rotatable bonds is 2. The summed E-state index contributed by atoms with van der Waals surface area (Å²) in [7, 11) is 0. The Morgan fingerprint density at radius 1 is 1.41 bits per heavy atom. The number of aliphatic carboxylic acids is 1. The molecule has 22 heavy (non-hydrogen) atoms. The molecular formula is C16H16ClNO4. The number of benzene rings is 1. The Kier molecular flexibility index (Phi) is 3.60. The van der Waals surface area contributed by atoms with Crippen LogP contribution in [0, 0.1) is 12.8 Å². The van der Waals surface area contributed by atoms with Gasteiger partial charge in [0.2, 0.25) is 0 Å². The molecule has 2 atom stereocenters. The maximum absolute atomic E-state index is 12.7. The number of halogens is 1. The quantitative estimate of drug-likeness (QED) is 0.921. The highest BCUT2D eigenvalue weighted by atomic mass is 35.5. The molecule has 1 N–H and O–H groups in total. The van der Waals surface area contributed by atoms with Crippen LogP contribution in [0.2, 0.25) is 5.02 Å². The van der Waals surface area contributed by atoms with Crippen molar-refractivity contribution in [3.05, 3.63) is 34.5 Å². The van der Waals surface area contributed by atoms with E-state index in [0.29, 0.717) is 23.6 Å². The number of likely N-dealkylation sites (tertiary alicyclic amines) is 1. The van der Waals surface area contributed by atoms with Crippen molar-refractivity contribution in [3.63, 3.8) is 0 Å². The van der Waals surface area contributed by atoms with Crippen LogP contribution in [-0.2, 0) is 4.79 Å². The number of carbonyl (C=O) groups is 2. The minimum absolute atomic E-state index is 0.237. The van der Waals surface area contributed by atoms with Gasteiger partial charge in [0.15, 0.2) is 11.3 Å². The summed E-state index contributed by atoms with van der Waals surface area (Å²) in [5.74, 6) is -1.44. The zero-order valence-electron chi connectivity index (χ0n) is 12.3. The fourth-order valence-corrected chi connectivity index (χ4v) is 3.31. The minimum Gasteiger partial charge on any atom is -0.481 e. The molecule has 1 amide bonds. The van der Waals surface area contributed by atoms with Gasteiger partial charge < -0.3 is 14.4 Å². The summed E-state index contributed by atoms with van der Waals surface area (Å²) in [4.78, 5) is 25.5. The van der Waals surface area contributed by atoms with Gasteiger partial charge in [-0.05, 0) is 26.3 Å². The van der Waals surface area contributed by atoms with Crippen molar-refractivity contribution in [2.45, 2.75) is 26.3 Å². The van der Waals surface area contributed by atoms with E-state index in [0.717, 1.165) is 10.9 Å². The van der Waals surface area contributed by atoms with Crippen LogP contribution < -0.4 is 0 Å². The van der Waals surface area contributed by atoms with Crippen LogP contribution in [0.5, 0.6) is 0 Å². The number of nitrogens with zero attached hydrogens (tertiary/aromatic N) is 1. The molecule has 1 aromatic carbocycles. The molecule has 1 aromatic heterocycles. The summed E-state index contributed by atoms with van der Waals surface area (Å²) in [6.45, 7) is 3.99. The topological polar surface area (TPSA) is 70.8 Å². The molecule has 1 aliphatic rings. The van der Waals surface area contributed by atoms with Crippen LogP contribution in [0.25, 0.3) is 11.0 Å². The van der Waals surface area contributed by atoms with Crippen molar-refractivity contribution in [1.29, 1.82) is 0 Å². The lowest BCUT2D eigenvalue weighted by molar-refractivity contribution is -0.142. The van der Waals surface area contributed by atoms with E-state index in [1.165, 1.54) is 0 Å². The first-order chi connectivity index (χ1) is 10.4. The van der Waals surface area contributed by atoms with Crippen LogP contribution >= 0.6 is 11.6 Å². The van der Waals surface area contributed by atoms with E-state index < -0.39 is 11.9 Å². The van der Waals surface area contributed by atoms with Crippen LogP contribution in [0.1, 0.15) is 29.5 Å². The van der Waals surface area contributed by atoms with Crippen molar-refractivity contribution in [2.24, 2.45) is 5.92 Å². The molecule has 116 valence electrons. The average Bonchev–Trinajstić information content (AvgIpc) is 3.01. The fourth-order valence-electron chi connectivity index (χ4n) is 3.10. The number of aryl methyl sites for hydroxylation is 1. The first-order valence-corrected chi connectivity index (χ1v) is 7.51. The number of furan rings is 1. The first-order valence-electron chi connectivity index (χ1n) is 7.13. The molecule has 0 saturated carbocycles. The summed E-state index contributed by atoms with van der Waals surface area (Å²) in [5, 5.41) is 10.4. The van der Waals surface area contributed by atoms with Crippen molar-refractivity contribution < 1.29 is 19.1 Å². The molecule has 1 aliphatic heterocycles. The largest absolute Gasteiger partial charge is 0.481 e. The lowest BCUT2D eigenvalue weighted by Crippen LogP contribution is -2.37. The van der Waals surface area contributed by atoms with Crippen molar-refractivity contribution in [1.82, 2.24) is 4.90 Å². The van der Waals surface area contributed by atoms with E-state index in [-0.39, 0.29) is 17.7 Å². The number of fused-ring (bicyclic) bond motifs is 1. The van der Waals surface area contributed by atoms with Gasteiger partial charge >= 0.3 is 5.97 Å². The average molecular weight is 322 g/mol. The molecule has 2 unspecified atom stereocenters. The molecule has 3 rings (SSSR count). The maximum atomic E-state index is 12.7. The molecule has 0 spiro atoms. The summed E-state index contributed by atoms with van der Waals surface area (Å²) in [6.07, 6.45) is 0.461. The molecule has 1 fully saturated rings. The van der Waals surface area contributed by atoms with E-state index >= 15 is 0 Å². The Balaban J connectivity index is 1.98. The predicted octanol–water partition coefficient (Wildman–Crippen LogP) is 3.33. The molecule has 1 saturated heterocycles. The van der Waals surface area contributed by atoms with Crippen LogP contribution in [0.15, 0.2) is 22.6 Å². The first kappa shape index (κ1) is 14.9. The third kappa shape index (κ3) is 2.16. The fraction of sp³-hybridized carbons (Fsp3) is 0.375. The lowest BCUT2D eigenvalue weighted by Gasteiger charge is -2.22. The third-order valence-electron chi connectivity index (χ3n) is 4.44. The normalized spacial score (nSPS) is 21.5. The van der Waals surface area contributed by atoms with Gasteiger partial charge in [-0.15, -0.1) is 0 Å². The molecule has 0 bridgehead atoms. The van der Waals surface area contributed by atoms with Gasteiger partial charge in [-0.3, -0.25) is 9.59 Å². The summed E-state index contributed by atoms with van der Waals surface area (Å²) in [6, 6.07) is 5.01. The number of carboxylic acids is 1. The Morgan fingerprint density at radius 2 is 2.14 bits per heavy atom. The number of carbonyl (C=O) groups excluding carboxylic acids is 1. The highest BCUT2D eigenvalue weighted by molar-refractivity contribution is 6.35. The predicted molar refractivity (Wildman–Crippen MR) is 82.2 cm³/mol. The number of carboxylic acid groups (broad SMARTS) is 1. The van der Waals surface area contributed by atoms with Gasteiger partial charge in [0.1, 0.15) is 0 Å². The van der Waals surface area contributed by atoms with Crippen LogP contribution in [0.3, 0.4) is 0 Å². The van der Waals surface area contributed by atoms with Crippen LogP contribution in [0.4, 0.5) is 0 Å². The smallest absolute Gasteiger partial charge is 0.308 e. The van der Waals surface area contributed by atoms with Crippen LogP contribution in [-0.4, -0.2) is 34.5 Å². The summed E-state index contributed by atoms with van der Waals surface area (Å²) < 4.78 is 5.68. The van der Waals surface area contributed by atoms with Gasteiger partial charge in [-0.1, -0.05) is 23.7 Å². The SMILES string of the molecule is Cc1c(C(=O)N2CCC(C(=O)O)C2C)oc2c(Cl)cccc12. The molecule has 2 heterocycles. The second-order valence-electron chi connectivity index (χ2n) is 5.65. The Bertz CT molecular complexity index is 767. The minimum atomic E-state index is -0.868. The van der Waals surface area contributed by atoms with Gasteiger partial charge in [-0.25, -0.2) is 0 Å². The van der Waals surface area contributed by atoms with Gasteiger partial charge in [0.05, 0.1) is 10.9 Å². The monoisotopic (exact) mass is 321 g/mol. The van der Waals surface area contributed by atoms with Crippen molar-refractivity contribution >= 4 is 34.4 Å². The standard InChI is InChI=1S/C16H16ClNO4/c1-8-10-4-3-5-12(17)14(10)22-13(8)15(19)18-7-6-11(9(18)2)16(20)21/h3-5,9,11H,6-7H2,1-2H3,(H,20,21). The molecule has 0 radical (unpaired) electrons. The summed E-state index contributed by atoms with van der Waals surface area (Å²) in [5.41, 5.74) is 1.22. The molecule has 6 heteroatoms. The zero-order valence-corrected chi connectivity index (χ0v) is 13.1. The Morgan fingerprint density at radius 3 is 2.73 bits per heavy atom. The summed E-state index contributed by atoms with van der Waals surface area (Å²) >= 11 is 6.10. The molecular weight excluding hydrogens is 306 g/mol. The van der Waals surface area contributed by atoms with E-state index in [1.807, 2.05) is 13.0 Å². The second-order valence-corrected chi connectivity index (χ2v) is 6.05. The molecule has 5 nitrogen and oxygen atoms in total. The number of hydrogen-bond acceptors (Lipinski definition) is 3. The van der Waals surface area contributed by atoms with E-state index in [4.69, 9.17) is 16.0 Å². The van der Waals surface area contributed by atoms with E-state index in [2.05, 4.69) is 0 Å². The number of para-hydroxylation sites is 1. The zero-order chi connectivity index (χ0) is 16.0. The highest BCUT2D eigenvalue weighted by Crippen LogP contribution is 2.33. The van der Waals surface area contributed by atoms with E-state index in [1.54, 1.807) is 24.0 Å². The van der Waals surface area contributed by atoms with Gasteiger partial charge in [-0.2, -0.15) is 0 Å². The van der Waals surface area contributed by atoms with Crippen molar-refractivity contribution in [3.8, 4) is 0 Å². The van der Waals surface area contributed by atoms with E-state index in [9.17, 15) is 14.7 Å². The number of amides is 1. The maximum Gasteiger partial charge on any atom is 0.308 e. The second kappa shape index (κ2) is 5.32. The van der Waals surface area contributed by atoms with Gasteiger partial charge in [0.25, 0.3) is 5.91 Å². The van der Waals surface area contributed by atoms with Gasteiger partial charge in [0, 0.05) is 23.5 Å². The highest BCUT2D eigenvalue weighted by Gasteiger charge is 2.39. The molecule has 2 aromatic rings.